The van der Waals surface area contributed by atoms with Crippen molar-refractivity contribution in [3.63, 3.8) is 0 Å². The number of nitriles is 1. The fraction of sp³-hybridized carbons (Fsp3) is 0.162. The summed E-state index contributed by atoms with van der Waals surface area (Å²) >= 11 is 0. The summed E-state index contributed by atoms with van der Waals surface area (Å²) in [6.45, 7) is 2.12. The van der Waals surface area contributed by atoms with Gasteiger partial charge < -0.3 is 4.74 Å². The third-order valence-corrected chi connectivity index (χ3v) is 7.56. The van der Waals surface area contributed by atoms with Gasteiger partial charge in [-0.3, -0.25) is 0 Å². The van der Waals surface area contributed by atoms with E-state index in [9.17, 15) is 8.78 Å². The maximum absolute atomic E-state index is 15.2. The van der Waals surface area contributed by atoms with Gasteiger partial charge in [0.25, 0.3) is 0 Å². The zero-order chi connectivity index (χ0) is 33.0. The van der Waals surface area contributed by atoms with Gasteiger partial charge in [-0.25, -0.2) is 22.0 Å². The second-order valence-electron chi connectivity index (χ2n) is 10.7. The van der Waals surface area contributed by atoms with Crippen LogP contribution in [0.15, 0.2) is 91.0 Å². The number of benzene rings is 5. The summed E-state index contributed by atoms with van der Waals surface area (Å²) in [6.07, 6.45) is -0.351. The third-order valence-electron chi connectivity index (χ3n) is 7.56. The molecule has 0 atom stereocenters. The Kier molecular flexibility index (Phi) is 9.47. The van der Waals surface area contributed by atoms with E-state index in [1.54, 1.807) is 12.1 Å². The van der Waals surface area contributed by atoms with Crippen molar-refractivity contribution in [2.75, 3.05) is 0 Å². The Bertz CT molecular complexity index is 1910. The third kappa shape index (κ3) is 6.91. The minimum atomic E-state index is -4.59. The molecule has 0 amide bonds. The number of unbranched alkanes of at least 4 members (excludes halogenated alkanes) is 2. The van der Waals surface area contributed by atoms with Crippen LogP contribution in [0.25, 0.3) is 33.4 Å². The Morgan fingerprint density at radius 2 is 1.17 bits per heavy atom. The van der Waals surface area contributed by atoms with Crippen molar-refractivity contribution in [2.24, 2.45) is 0 Å². The summed E-state index contributed by atoms with van der Waals surface area (Å²) in [5.74, 6) is -6.97. The Morgan fingerprint density at radius 1 is 0.609 bits per heavy atom. The van der Waals surface area contributed by atoms with Gasteiger partial charge in [-0.05, 0) is 83.1 Å². The first kappa shape index (κ1) is 32.3. The average Bonchev–Trinajstić information content (AvgIpc) is 3.01. The highest BCUT2D eigenvalue weighted by atomic mass is 19.3. The molecule has 0 unspecified atom stereocenters. The fourth-order valence-corrected chi connectivity index (χ4v) is 5.14. The Balaban J connectivity index is 1.35. The lowest BCUT2D eigenvalue weighted by Crippen LogP contribution is -2.25. The zero-order valence-corrected chi connectivity index (χ0v) is 24.5. The molecule has 0 N–H and O–H groups in total. The molecule has 5 aromatic carbocycles. The molecular weight excluding hydrogens is 607 g/mol. The van der Waals surface area contributed by atoms with Crippen molar-refractivity contribution in [2.45, 2.75) is 38.7 Å². The summed E-state index contributed by atoms with van der Waals surface area (Å²) in [5, 5.41) is 8.86. The van der Waals surface area contributed by atoms with Gasteiger partial charge in [0.2, 0.25) is 0 Å². The van der Waals surface area contributed by atoms with Crippen molar-refractivity contribution in [3.8, 4) is 45.2 Å². The molecule has 46 heavy (non-hydrogen) atoms. The van der Waals surface area contributed by atoms with Crippen LogP contribution >= 0.6 is 0 Å². The zero-order valence-electron chi connectivity index (χ0n) is 24.5. The van der Waals surface area contributed by atoms with Crippen LogP contribution in [0.5, 0.6) is 5.75 Å². The fourth-order valence-electron chi connectivity index (χ4n) is 5.14. The molecule has 0 saturated heterocycles. The molecule has 0 saturated carbocycles. The number of rotatable bonds is 10. The number of aryl methyl sites for hydroxylation is 1. The molecule has 234 valence electrons. The molecule has 9 heteroatoms. The molecule has 0 aliphatic rings. The summed E-state index contributed by atoms with van der Waals surface area (Å²) in [7, 11) is 0. The first-order valence-electron chi connectivity index (χ1n) is 14.5. The van der Waals surface area contributed by atoms with Crippen LogP contribution in [0, 0.1) is 40.4 Å². The topological polar surface area (TPSA) is 33.0 Å². The van der Waals surface area contributed by atoms with E-state index < -0.39 is 46.5 Å². The Hall–Kier alpha value is -5.10. The molecule has 0 aromatic heterocycles. The molecule has 0 fully saturated rings. The lowest BCUT2D eigenvalue weighted by atomic mass is 9.97. The molecule has 0 heterocycles. The largest absolute Gasteiger partial charge is 0.432 e. The normalized spacial score (nSPS) is 11.4. The van der Waals surface area contributed by atoms with Gasteiger partial charge in [-0.15, -0.1) is 0 Å². The highest BCUT2D eigenvalue weighted by Crippen LogP contribution is 2.39. The van der Waals surface area contributed by atoms with Crippen LogP contribution in [0.3, 0.4) is 0 Å². The van der Waals surface area contributed by atoms with E-state index in [0.29, 0.717) is 23.8 Å². The van der Waals surface area contributed by atoms with E-state index in [4.69, 9.17) is 5.26 Å². The van der Waals surface area contributed by atoms with Crippen molar-refractivity contribution >= 4 is 0 Å². The molecule has 5 rings (SSSR count). The van der Waals surface area contributed by atoms with E-state index >= 15 is 22.0 Å². The maximum Gasteiger partial charge on any atom is 0.432 e. The van der Waals surface area contributed by atoms with Gasteiger partial charge in [0, 0.05) is 17.2 Å². The molecule has 0 spiro atoms. The predicted octanol–water partition coefficient (Wildman–Crippen LogP) is 11.1. The van der Waals surface area contributed by atoms with Crippen molar-refractivity contribution in [1.29, 1.82) is 5.26 Å². The minimum Gasteiger partial charge on any atom is -0.429 e. The standard InChI is InChI=1S/C37H26F7NO/c1-2-3-4-5-22-6-8-23(9-7-22)24-12-14-30(32(39)16-24)27-18-34(41)36(35(42)19-27)37(43,44)46-28-13-15-29(33(40)20-28)25-10-11-26(21-45)31(38)17-25/h6-20H,2-5H2,1H3. The summed E-state index contributed by atoms with van der Waals surface area (Å²) in [4.78, 5) is 0. The molecule has 0 aliphatic carbocycles. The van der Waals surface area contributed by atoms with Gasteiger partial charge in [-0.1, -0.05) is 62.2 Å². The van der Waals surface area contributed by atoms with Crippen LogP contribution in [0.1, 0.15) is 42.9 Å². The molecule has 5 aromatic rings. The molecule has 0 radical (unpaired) electrons. The maximum atomic E-state index is 15.2. The van der Waals surface area contributed by atoms with E-state index in [1.165, 1.54) is 18.2 Å². The highest BCUT2D eigenvalue weighted by molar-refractivity contribution is 5.72. The number of halogens is 7. The Labute approximate surface area is 261 Å². The first-order valence-corrected chi connectivity index (χ1v) is 14.5. The highest BCUT2D eigenvalue weighted by Gasteiger charge is 2.41. The quantitative estimate of drug-likeness (QED) is 0.113. The Morgan fingerprint density at radius 3 is 1.78 bits per heavy atom. The van der Waals surface area contributed by atoms with Gasteiger partial charge in [0.05, 0.1) is 5.56 Å². The summed E-state index contributed by atoms with van der Waals surface area (Å²) < 4.78 is 109. The first-order chi connectivity index (χ1) is 22.0. The van der Waals surface area contributed by atoms with E-state index in [2.05, 4.69) is 11.7 Å². The summed E-state index contributed by atoms with van der Waals surface area (Å²) in [6, 6.07) is 20.3. The van der Waals surface area contributed by atoms with Crippen LogP contribution in [-0.2, 0) is 12.5 Å². The molecule has 2 nitrogen and oxygen atoms in total. The molecular formula is C37H26F7NO. The lowest BCUT2D eigenvalue weighted by Gasteiger charge is -2.20. The monoisotopic (exact) mass is 633 g/mol. The molecule has 0 bridgehead atoms. The van der Waals surface area contributed by atoms with Gasteiger partial charge in [-0.2, -0.15) is 14.0 Å². The number of hydrogen-bond acceptors (Lipinski definition) is 2. The number of ether oxygens (including phenoxy) is 1. The van der Waals surface area contributed by atoms with E-state index in [0.717, 1.165) is 61.1 Å². The SMILES string of the molecule is CCCCCc1ccc(-c2ccc(-c3cc(F)c(C(F)(F)Oc4ccc(-c5ccc(C#N)c(F)c5)c(F)c4)c(F)c3)c(F)c2)cc1. The second kappa shape index (κ2) is 13.5. The number of hydrogen-bond donors (Lipinski definition) is 0. The van der Waals surface area contributed by atoms with Crippen LogP contribution in [0.4, 0.5) is 30.7 Å². The van der Waals surface area contributed by atoms with Crippen molar-refractivity contribution < 1.29 is 35.5 Å². The van der Waals surface area contributed by atoms with Crippen molar-refractivity contribution in [3.05, 3.63) is 137 Å². The summed E-state index contributed by atoms with van der Waals surface area (Å²) in [5.41, 5.74) is -0.264. The minimum absolute atomic E-state index is 0.0240. The van der Waals surface area contributed by atoms with Gasteiger partial charge >= 0.3 is 6.11 Å². The second-order valence-corrected chi connectivity index (χ2v) is 10.7. The van der Waals surface area contributed by atoms with Gasteiger partial charge in [0.15, 0.2) is 0 Å². The number of nitrogens with zero attached hydrogens (tertiary/aromatic N) is 1. The molecule has 0 aliphatic heterocycles. The predicted molar refractivity (Wildman–Crippen MR) is 161 cm³/mol. The van der Waals surface area contributed by atoms with Crippen LogP contribution in [0.2, 0.25) is 0 Å². The van der Waals surface area contributed by atoms with Crippen molar-refractivity contribution in [1.82, 2.24) is 0 Å². The van der Waals surface area contributed by atoms with E-state index in [-0.39, 0.29) is 27.8 Å². The average molecular weight is 634 g/mol. The van der Waals surface area contributed by atoms with Crippen LogP contribution in [-0.4, -0.2) is 0 Å². The lowest BCUT2D eigenvalue weighted by molar-refractivity contribution is -0.189. The van der Waals surface area contributed by atoms with E-state index in [1.807, 2.05) is 24.3 Å². The van der Waals surface area contributed by atoms with Crippen LogP contribution < -0.4 is 4.74 Å². The smallest absolute Gasteiger partial charge is 0.429 e. The number of alkyl halides is 2. The van der Waals surface area contributed by atoms with Gasteiger partial charge in [0.1, 0.15) is 46.5 Å².